The number of rotatable bonds is 2. The van der Waals surface area contributed by atoms with Gasteiger partial charge in [0.25, 0.3) is 0 Å². The van der Waals surface area contributed by atoms with E-state index in [-0.39, 0.29) is 0 Å². The van der Waals surface area contributed by atoms with Crippen molar-refractivity contribution < 1.29 is 0 Å². The van der Waals surface area contributed by atoms with Crippen molar-refractivity contribution in [2.45, 2.75) is 13.5 Å². The van der Waals surface area contributed by atoms with Crippen LogP contribution in [0.4, 0.5) is 5.82 Å². The first-order valence-electron chi connectivity index (χ1n) is 4.58. The molecule has 0 aliphatic heterocycles. The highest BCUT2D eigenvalue weighted by Gasteiger charge is 2.02. The van der Waals surface area contributed by atoms with Crippen LogP contribution >= 0.6 is 0 Å². The van der Waals surface area contributed by atoms with Crippen molar-refractivity contribution in [2.75, 3.05) is 5.73 Å². The zero-order valence-corrected chi connectivity index (χ0v) is 8.14. The Morgan fingerprint density at radius 1 is 1.29 bits per heavy atom. The molecule has 0 radical (unpaired) electrons. The van der Waals surface area contributed by atoms with E-state index < -0.39 is 0 Å². The predicted octanol–water partition coefficient (Wildman–Crippen LogP) is 1.82. The Hall–Kier alpha value is -1.77. The maximum Gasteiger partial charge on any atom is 0.144 e. The highest BCUT2D eigenvalue weighted by molar-refractivity contribution is 5.34. The van der Waals surface area contributed by atoms with E-state index >= 15 is 0 Å². The van der Waals surface area contributed by atoms with E-state index in [1.54, 1.807) is 6.33 Å². The van der Waals surface area contributed by atoms with Crippen LogP contribution in [-0.4, -0.2) is 9.55 Å². The van der Waals surface area contributed by atoms with Crippen LogP contribution in [0.15, 0.2) is 36.7 Å². The molecule has 1 aromatic carbocycles. The Bertz CT molecular complexity index is 417. The molecule has 0 aliphatic rings. The molecule has 0 bridgehead atoms. The van der Waals surface area contributed by atoms with Gasteiger partial charge in [0, 0.05) is 6.54 Å². The molecule has 2 aromatic rings. The van der Waals surface area contributed by atoms with E-state index in [4.69, 9.17) is 5.73 Å². The zero-order valence-electron chi connectivity index (χ0n) is 8.14. The average molecular weight is 187 g/mol. The topological polar surface area (TPSA) is 43.8 Å². The lowest BCUT2D eigenvalue weighted by molar-refractivity contribution is 0.771. The van der Waals surface area contributed by atoms with Gasteiger partial charge >= 0.3 is 0 Å². The highest BCUT2D eigenvalue weighted by Crippen LogP contribution is 2.10. The van der Waals surface area contributed by atoms with Crippen LogP contribution in [0, 0.1) is 6.92 Å². The van der Waals surface area contributed by atoms with Crippen molar-refractivity contribution in [2.24, 2.45) is 0 Å². The third-order valence-corrected chi connectivity index (χ3v) is 2.33. The monoisotopic (exact) mass is 187 g/mol. The van der Waals surface area contributed by atoms with Crippen LogP contribution < -0.4 is 5.73 Å². The van der Waals surface area contributed by atoms with Crippen molar-refractivity contribution in [1.29, 1.82) is 0 Å². The molecule has 2 N–H and O–H groups in total. The van der Waals surface area contributed by atoms with Gasteiger partial charge in [-0.15, -0.1) is 0 Å². The lowest BCUT2D eigenvalue weighted by Crippen LogP contribution is -2.00. The molecule has 2 rings (SSSR count). The Labute approximate surface area is 83.2 Å². The minimum absolute atomic E-state index is 0.612. The fourth-order valence-electron chi connectivity index (χ4n) is 1.40. The molecule has 0 aliphatic carbocycles. The number of benzene rings is 1. The summed E-state index contributed by atoms with van der Waals surface area (Å²) in [4.78, 5) is 4.05. The fourth-order valence-corrected chi connectivity index (χ4v) is 1.40. The van der Waals surface area contributed by atoms with Crippen LogP contribution in [0.3, 0.4) is 0 Å². The Balaban J connectivity index is 2.23. The van der Waals surface area contributed by atoms with Gasteiger partial charge in [-0.1, -0.05) is 30.3 Å². The number of nitrogens with zero attached hydrogens (tertiary/aromatic N) is 2. The molecule has 1 aromatic heterocycles. The summed E-state index contributed by atoms with van der Waals surface area (Å²) in [6, 6.07) is 10.3. The van der Waals surface area contributed by atoms with Gasteiger partial charge in [0.15, 0.2) is 0 Å². The van der Waals surface area contributed by atoms with Gasteiger partial charge in [-0.2, -0.15) is 0 Å². The van der Waals surface area contributed by atoms with Crippen LogP contribution in [0.1, 0.15) is 11.3 Å². The Kier molecular flexibility index (Phi) is 2.23. The maximum atomic E-state index is 5.66. The molecule has 0 saturated heterocycles. The molecule has 0 unspecified atom stereocenters. The van der Waals surface area contributed by atoms with E-state index in [0.717, 1.165) is 12.2 Å². The minimum atomic E-state index is 0.612. The van der Waals surface area contributed by atoms with Gasteiger partial charge in [-0.05, 0) is 12.5 Å². The average Bonchev–Trinajstić information content (AvgIpc) is 2.52. The quantitative estimate of drug-likeness (QED) is 0.779. The van der Waals surface area contributed by atoms with Crippen molar-refractivity contribution in [1.82, 2.24) is 9.55 Å². The molecule has 0 atom stereocenters. The molecular weight excluding hydrogens is 174 g/mol. The van der Waals surface area contributed by atoms with Crippen LogP contribution in [0.25, 0.3) is 0 Å². The summed E-state index contributed by atoms with van der Waals surface area (Å²) in [7, 11) is 0. The third kappa shape index (κ3) is 1.62. The van der Waals surface area contributed by atoms with E-state index in [1.807, 2.05) is 29.7 Å². The van der Waals surface area contributed by atoms with E-state index in [1.165, 1.54) is 5.56 Å². The molecular formula is C11H13N3. The minimum Gasteiger partial charge on any atom is -0.382 e. The van der Waals surface area contributed by atoms with Gasteiger partial charge in [-0.25, -0.2) is 4.98 Å². The number of anilines is 1. The smallest absolute Gasteiger partial charge is 0.144 e. The van der Waals surface area contributed by atoms with Crippen LogP contribution in [0.5, 0.6) is 0 Å². The summed E-state index contributed by atoms with van der Waals surface area (Å²) in [5, 5.41) is 0. The molecule has 72 valence electrons. The first kappa shape index (κ1) is 8.81. The molecule has 0 spiro atoms. The molecule has 3 heteroatoms. The number of imidazole rings is 1. The summed E-state index contributed by atoms with van der Waals surface area (Å²) in [6.07, 6.45) is 1.78. The first-order chi connectivity index (χ1) is 6.77. The third-order valence-electron chi connectivity index (χ3n) is 2.33. The Morgan fingerprint density at radius 2 is 2.00 bits per heavy atom. The van der Waals surface area contributed by atoms with Gasteiger partial charge in [0.05, 0.1) is 12.0 Å². The standard InChI is InChI=1S/C11H13N3/c1-9-11(12)13-8-14(9)7-10-5-3-2-4-6-10/h2-6,8H,7,12H2,1H3. The van der Waals surface area contributed by atoms with Gasteiger partial charge in [0.2, 0.25) is 0 Å². The van der Waals surface area contributed by atoms with E-state index in [0.29, 0.717) is 5.82 Å². The lowest BCUT2D eigenvalue weighted by atomic mass is 10.2. The van der Waals surface area contributed by atoms with E-state index in [2.05, 4.69) is 17.1 Å². The van der Waals surface area contributed by atoms with Gasteiger partial charge in [0.1, 0.15) is 5.82 Å². The summed E-state index contributed by atoms with van der Waals surface area (Å²) in [5.41, 5.74) is 7.94. The van der Waals surface area contributed by atoms with Crippen molar-refractivity contribution in [3.63, 3.8) is 0 Å². The molecule has 0 fully saturated rings. The number of hydrogen-bond acceptors (Lipinski definition) is 2. The van der Waals surface area contributed by atoms with Crippen LogP contribution in [0.2, 0.25) is 0 Å². The number of nitrogens with two attached hydrogens (primary N) is 1. The normalized spacial score (nSPS) is 10.4. The summed E-state index contributed by atoms with van der Waals surface area (Å²) >= 11 is 0. The number of hydrogen-bond donors (Lipinski definition) is 1. The maximum absolute atomic E-state index is 5.66. The zero-order chi connectivity index (χ0) is 9.97. The van der Waals surface area contributed by atoms with Crippen LogP contribution in [-0.2, 0) is 6.54 Å². The van der Waals surface area contributed by atoms with E-state index in [9.17, 15) is 0 Å². The number of aromatic nitrogens is 2. The second kappa shape index (κ2) is 3.54. The van der Waals surface area contributed by atoms with Crippen molar-refractivity contribution >= 4 is 5.82 Å². The largest absolute Gasteiger partial charge is 0.382 e. The second-order valence-electron chi connectivity index (χ2n) is 3.33. The SMILES string of the molecule is Cc1c(N)ncn1Cc1ccccc1. The fraction of sp³-hybridized carbons (Fsp3) is 0.182. The van der Waals surface area contributed by atoms with Crippen molar-refractivity contribution in [3.8, 4) is 0 Å². The van der Waals surface area contributed by atoms with Gasteiger partial charge in [-0.3, -0.25) is 0 Å². The lowest BCUT2D eigenvalue weighted by Gasteiger charge is -2.04. The molecule has 0 amide bonds. The highest BCUT2D eigenvalue weighted by atomic mass is 15.1. The molecule has 3 nitrogen and oxygen atoms in total. The predicted molar refractivity (Wildman–Crippen MR) is 56.9 cm³/mol. The molecule has 1 heterocycles. The Morgan fingerprint density at radius 3 is 2.57 bits per heavy atom. The summed E-state index contributed by atoms with van der Waals surface area (Å²) in [5.74, 6) is 0.612. The number of nitrogen functional groups attached to an aromatic ring is 1. The van der Waals surface area contributed by atoms with Gasteiger partial charge < -0.3 is 10.3 Å². The first-order valence-corrected chi connectivity index (χ1v) is 4.58. The van der Waals surface area contributed by atoms with Crippen molar-refractivity contribution in [3.05, 3.63) is 47.9 Å². The molecule has 0 saturated carbocycles. The summed E-state index contributed by atoms with van der Waals surface area (Å²) in [6.45, 7) is 2.81. The second-order valence-corrected chi connectivity index (χ2v) is 3.33. The molecule has 14 heavy (non-hydrogen) atoms. The summed E-state index contributed by atoms with van der Waals surface area (Å²) < 4.78 is 2.05.